The van der Waals surface area contributed by atoms with Crippen molar-refractivity contribution in [2.24, 2.45) is 5.92 Å². The van der Waals surface area contributed by atoms with Crippen LogP contribution < -0.4 is 9.80 Å². The van der Waals surface area contributed by atoms with Crippen LogP contribution in [0.3, 0.4) is 0 Å². The Labute approximate surface area is 204 Å². The van der Waals surface area contributed by atoms with Gasteiger partial charge in [0.15, 0.2) is 5.78 Å². The number of ketones is 1. The number of aryl methyl sites for hydroxylation is 2. The zero-order chi connectivity index (χ0) is 24.1. The molecular formula is C31H34N2O. The fourth-order valence-corrected chi connectivity index (χ4v) is 4.50. The van der Waals surface area contributed by atoms with E-state index in [0.717, 1.165) is 42.1 Å². The van der Waals surface area contributed by atoms with E-state index in [1.165, 1.54) is 16.8 Å². The minimum Gasteiger partial charge on any atom is -0.342 e. The van der Waals surface area contributed by atoms with Gasteiger partial charge in [-0.05, 0) is 88.7 Å². The molecule has 3 nitrogen and oxygen atoms in total. The Morgan fingerprint density at radius 1 is 0.735 bits per heavy atom. The highest BCUT2D eigenvalue weighted by Crippen LogP contribution is 2.29. The highest BCUT2D eigenvalue weighted by Gasteiger charge is 2.21. The fourth-order valence-electron chi connectivity index (χ4n) is 4.50. The lowest BCUT2D eigenvalue weighted by atomic mass is 9.90. The number of allylic oxidation sites excluding steroid dienone is 3. The monoisotopic (exact) mass is 450 g/mol. The average Bonchev–Trinajstić information content (AvgIpc) is 2.87. The first-order valence-electron chi connectivity index (χ1n) is 12.2. The Morgan fingerprint density at radius 2 is 1.21 bits per heavy atom. The van der Waals surface area contributed by atoms with Crippen molar-refractivity contribution in [3.8, 4) is 0 Å². The molecule has 1 unspecified atom stereocenters. The summed E-state index contributed by atoms with van der Waals surface area (Å²) in [4.78, 5) is 17.7. The Hall–Kier alpha value is -3.59. The second kappa shape index (κ2) is 10.6. The van der Waals surface area contributed by atoms with Gasteiger partial charge in [0.1, 0.15) is 0 Å². The van der Waals surface area contributed by atoms with E-state index in [1.54, 1.807) is 0 Å². The summed E-state index contributed by atoms with van der Waals surface area (Å²) in [7, 11) is 0. The minimum absolute atomic E-state index is 0.120. The summed E-state index contributed by atoms with van der Waals surface area (Å²) in [6, 6.07) is 25.2. The molecule has 0 radical (unpaired) electrons. The van der Waals surface area contributed by atoms with Crippen molar-refractivity contribution in [2.45, 2.75) is 34.1 Å². The fraction of sp³-hybridized carbons (Fsp3) is 0.258. The summed E-state index contributed by atoms with van der Waals surface area (Å²) in [5, 5.41) is 0. The predicted octanol–water partition coefficient (Wildman–Crippen LogP) is 7.63. The molecule has 0 aliphatic heterocycles. The molecule has 1 aliphatic rings. The van der Waals surface area contributed by atoms with Crippen molar-refractivity contribution in [3.05, 3.63) is 113 Å². The number of hydrogen-bond acceptors (Lipinski definition) is 3. The van der Waals surface area contributed by atoms with Crippen LogP contribution in [0.4, 0.5) is 17.1 Å². The van der Waals surface area contributed by atoms with Gasteiger partial charge in [-0.1, -0.05) is 47.5 Å². The average molecular weight is 451 g/mol. The van der Waals surface area contributed by atoms with Crippen LogP contribution in [-0.4, -0.2) is 18.9 Å². The number of likely N-dealkylation sites (N-methyl/N-ethyl adjacent to an activating group) is 1. The van der Waals surface area contributed by atoms with E-state index in [1.807, 2.05) is 12.1 Å². The van der Waals surface area contributed by atoms with Gasteiger partial charge in [0.2, 0.25) is 0 Å². The molecule has 0 fully saturated rings. The number of nitrogens with zero attached hydrogens (tertiary/aromatic N) is 2. The van der Waals surface area contributed by atoms with Gasteiger partial charge in [-0.15, -0.1) is 0 Å². The van der Waals surface area contributed by atoms with E-state index in [4.69, 9.17) is 0 Å². The summed E-state index contributed by atoms with van der Waals surface area (Å²) in [5.41, 5.74) is 7.86. The summed E-state index contributed by atoms with van der Waals surface area (Å²) in [5.74, 6) is 0.0561. The molecule has 0 N–H and O–H groups in total. The van der Waals surface area contributed by atoms with Gasteiger partial charge >= 0.3 is 0 Å². The van der Waals surface area contributed by atoms with E-state index in [9.17, 15) is 4.79 Å². The lowest BCUT2D eigenvalue weighted by molar-refractivity contribution is 0.0945. The third-order valence-electron chi connectivity index (χ3n) is 6.52. The van der Waals surface area contributed by atoms with E-state index >= 15 is 0 Å². The molecule has 34 heavy (non-hydrogen) atoms. The molecule has 1 atom stereocenters. The first-order chi connectivity index (χ1) is 16.5. The molecule has 174 valence electrons. The van der Waals surface area contributed by atoms with Gasteiger partial charge in [0, 0.05) is 47.3 Å². The van der Waals surface area contributed by atoms with Crippen molar-refractivity contribution in [3.63, 3.8) is 0 Å². The first-order valence-corrected chi connectivity index (χ1v) is 12.2. The van der Waals surface area contributed by atoms with Crippen LogP contribution >= 0.6 is 0 Å². The number of anilines is 3. The maximum Gasteiger partial charge on any atom is 0.170 e. The Kier molecular flexibility index (Phi) is 7.32. The topological polar surface area (TPSA) is 23.6 Å². The number of carbonyl (C=O) groups excluding carboxylic acids is 1. The molecule has 3 heteroatoms. The molecular weight excluding hydrogens is 416 g/mol. The SMILES string of the molecule is CCN(C1=CCC(C(=O)c2ccc(N(CC)c3ccc(C)cc3)cc2)C=C1)c1ccc(C)cc1. The third-order valence-corrected chi connectivity index (χ3v) is 6.52. The van der Waals surface area contributed by atoms with Crippen molar-refractivity contribution in [1.82, 2.24) is 0 Å². The van der Waals surface area contributed by atoms with E-state index < -0.39 is 0 Å². The van der Waals surface area contributed by atoms with Crippen molar-refractivity contribution in [1.29, 1.82) is 0 Å². The van der Waals surface area contributed by atoms with Gasteiger partial charge in [-0.3, -0.25) is 4.79 Å². The van der Waals surface area contributed by atoms with E-state index in [-0.39, 0.29) is 11.7 Å². The van der Waals surface area contributed by atoms with Crippen molar-refractivity contribution in [2.75, 3.05) is 22.9 Å². The first kappa shape index (κ1) is 23.6. The number of hydrogen-bond donors (Lipinski definition) is 0. The zero-order valence-electron chi connectivity index (χ0n) is 20.7. The highest BCUT2D eigenvalue weighted by molar-refractivity contribution is 5.99. The van der Waals surface area contributed by atoms with Gasteiger partial charge in [-0.2, -0.15) is 0 Å². The minimum atomic E-state index is -0.120. The van der Waals surface area contributed by atoms with Crippen LogP contribution in [0.1, 0.15) is 41.8 Å². The van der Waals surface area contributed by atoms with Crippen LogP contribution in [0, 0.1) is 19.8 Å². The quantitative estimate of drug-likeness (QED) is 0.330. The van der Waals surface area contributed by atoms with Crippen LogP contribution in [-0.2, 0) is 0 Å². The maximum absolute atomic E-state index is 13.2. The molecule has 3 aromatic rings. The summed E-state index contributed by atoms with van der Waals surface area (Å²) < 4.78 is 0. The van der Waals surface area contributed by atoms with Crippen LogP contribution in [0.25, 0.3) is 0 Å². The van der Waals surface area contributed by atoms with Gasteiger partial charge in [-0.25, -0.2) is 0 Å². The van der Waals surface area contributed by atoms with Crippen molar-refractivity contribution < 1.29 is 4.79 Å². The molecule has 0 aromatic heterocycles. The maximum atomic E-state index is 13.2. The summed E-state index contributed by atoms with van der Waals surface area (Å²) >= 11 is 0. The Morgan fingerprint density at radius 3 is 1.65 bits per heavy atom. The predicted molar refractivity (Wildman–Crippen MR) is 144 cm³/mol. The number of carbonyl (C=O) groups is 1. The highest BCUT2D eigenvalue weighted by atomic mass is 16.1. The molecule has 3 aromatic carbocycles. The van der Waals surface area contributed by atoms with Gasteiger partial charge < -0.3 is 9.80 Å². The Bertz CT molecular complexity index is 1170. The Balaban J connectivity index is 1.44. The number of Topliss-reactive ketones (excluding diaryl/α,β-unsaturated/α-hetero) is 1. The molecule has 0 saturated carbocycles. The normalized spacial score (nSPS) is 15.1. The molecule has 0 saturated heterocycles. The summed E-state index contributed by atoms with van der Waals surface area (Å²) in [6.45, 7) is 10.2. The lowest BCUT2D eigenvalue weighted by Crippen LogP contribution is -2.24. The van der Waals surface area contributed by atoms with Crippen LogP contribution in [0.5, 0.6) is 0 Å². The molecule has 1 aliphatic carbocycles. The van der Waals surface area contributed by atoms with Gasteiger partial charge in [0.05, 0.1) is 0 Å². The van der Waals surface area contributed by atoms with E-state index in [0.29, 0.717) is 0 Å². The number of rotatable bonds is 8. The molecule has 0 amide bonds. The molecule has 4 rings (SSSR count). The largest absolute Gasteiger partial charge is 0.342 e. The second-order valence-corrected chi connectivity index (χ2v) is 8.90. The zero-order valence-corrected chi connectivity index (χ0v) is 20.7. The smallest absolute Gasteiger partial charge is 0.170 e. The van der Waals surface area contributed by atoms with Gasteiger partial charge in [0.25, 0.3) is 0 Å². The van der Waals surface area contributed by atoms with Crippen LogP contribution in [0.2, 0.25) is 0 Å². The third kappa shape index (κ3) is 5.14. The molecule has 0 spiro atoms. The standard InChI is InChI=1S/C31H34N2O/c1-5-32(27-15-7-23(3)8-16-27)29-19-11-25(12-20-29)31(34)26-13-21-30(22-14-26)33(6-2)28-17-9-24(4)10-18-28/h7-13,15-22,26H,5-6,14H2,1-4H3. The molecule has 0 heterocycles. The van der Waals surface area contributed by atoms with Crippen molar-refractivity contribution >= 4 is 22.8 Å². The molecule has 0 bridgehead atoms. The lowest BCUT2D eigenvalue weighted by Gasteiger charge is -2.27. The summed E-state index contributed by atoms with van der Waals surface area (Å²) in [6.07, 6.45) is 7.07. The second-order valence-electron chi connectivity index (χ2n) is 8.90. The number of benzene rings is 3. The van der Waals surface area contributed by atoms with E-state index in [2.05, 4.69) is 116 Å². The van der Waals surface area contributed by atoms with Crippen LogP contribution in [0.15, 0.2) is 96.7 Å².